The second kappa shape index (κ2) is 10.3. The predicted molar refractivity (Wildman–Crippen MR) is 125 cm³/mol. The fourth-order valence-electron chi connectivity index (χ4n) is 4.27. The van der Waals surface area contributed by atoms with E-state index in [9.17, 15) is 9.59 Å². The van der Waals surface area contributed by atoms with Crippen molar-refractivity contribution in [2.45, 2.75) is 37.8 Å². The van der Waals surface area contributed by atoms with Gasteiger partial charge in [-0.2, -0.15) is 0 Å². The number of hydrogen-bond donors (Lipinski definition) is 1. The number of anilines is 1. The maximum atomic E-state index is 13.8. The Labute approximate surface area is 193 Å². The van der Waals surface area contributed by atoms with E-state index in [1.54, 1.807) is 37.4 Å². The molecule has 3 aromatic rings. The quantitative estimate of drug-likeness (QED) is 0.538. The second-order valence-corrected chi connectivity index (χ2v) is 7.99. The summed E-state index contributed by atoms with van der Waals surface area (Å²) >= 11 is 0. The highest BCUT2D eigenvalue weighted by Crippen LogP contribution is 2.38. The molecule has 0 radical (unpaired) electrons. The van der Waals surface area contributed by atoms with E-state index in [0.29, 0.717) is 22.7 Å². The summed E-state index contributed by atoms with van der Waals surface area (Å²) in [7, 11) is 3.08. The third-order valence-corrected chi connectivity index (χ3v) is 5.92. The molecule has 4 rings (SSSR count). The highest BCUT2D eigenvalue weighted by Gasteiger charge is 2.37. The van der Waals surface area contributed by atoms with Crippen LogP contribution in [0, 0.1) is 0 Å². The van der Waals surface area contributed by atoms with Crippen molar-refractivity contribution in [1.29, 1.82) is 0 Å². The van der Waals surface area contributed by atoms with Gasteiger partial charge in [0, 0.05) is 12.1 Å². The third kappa shape index (κ3) is 4.87. The van der Waals surface area contributed by atoms with E-state index in [2.05, 4.69) is 5.32 Å². The molecule has 1 saturated carbocycles. The summed E-state index contributed by atoms with van der Waals surface area (Å²) in [6.07, 6.45) is 5.48. The summed E-state index contributed by atoms with van der Waals surface area (Å²) in [6.45, 7) is 0. The van der Waals surface area contributed by atoms with Gasteiger partial charge in [-0.15, -0.1) is 0 Å². The lowest BCUT2D eigenvalue weighted by atomic mass is 10.0. The number of nitrogens with one attached hydrogen (secondary N) is 1. The summed E-state index contributed by atoms with van der Waals surface area (Å²) < 4.78 is 16.4. The zero-order valence-corrected chi connectivity index (χ0v) is 18.8. The van der Waals surface area contributed by atoms with E-state index in [-0.39, 0.29) is 17.7 Å². The number of carbonyl (C=O) groups excluding carboxylic acids is 2. The smallest absolute Gasteiger partial charge is 0.295 e. The molecule has 1 N–H and O–H groups in total. The minimum Gasteiger partial charge on any atom is -0.497 e. The molecule has 2 amide bonds. The molecule has 1 heterocycles. The number of benzene rings is 2. The van der Waals surface area contributed by atoms with Crippen molar-refractivity contribution < 1.29 is 23.5 Å². The molecule has 1 aliphatic carbocycles. The van der Waals surface area contributed by atoms with Gasteiger partial charge in [0.2, 0.25) is 5.91 Å². The molecule has 1 atom stereocenters. The van der Waals surface area contributed by atoms with Crippen molar-refractivity contribution in [2.75, 3.05) is 19.1 Å². The molecular formula is C26H28N2O5. The maximum Gasteiger partial charge on any atom is 0.295 e. The van der Waals surface area contributed by atoms with E-state index in [0.717, 1.165) is 25.7 Å². The lowest BCUT2D eigenvalue weighted by Crippen LogP contribution is -2.46. The Morgan fingerprint density at radius 1 is 1.00 bits per heavy atom. The van der Waals surface area contributed by atoms with Crippen LogP contribution in [-0.4, -0.2) is 32.1 Å². The minimum absolute atomic E-state index is 0.0991. The SMILES string of the molecule is COc1ccc(N(C(=O)c2ccco2)[C@H](C(=O)NC2CCCC2)c2ccccc2)c(OC)c1. The number of methoxy groups -OCH3 is 2. The standard InChI is InChI=1S/C26H28N2O5/c1-31-20-14-15-21(23(17-20)32-2)28(26(30)22-13-8-16-33-22)24(18-9-4-3-5-10-18)25(29)27-19-11-6-7-12-19/h3-5,8-10,13-17,19,24H,6-7,11-12H2,1-2H3,(H,27,29)/t24-/m0/s1. The third-order valence-electron chi connectivity index (χ3n) is 5.92. The normalized spacial score (nSPS) is 14.5. The highest BCUT2D eigenvalue weighted by molar-refractivity contribution is 6.09. The van der Waals surface area contributed by atoms with Crippen LogP contribution >= 0.6 is 0 Å². The molecule has 0 bridgehead atoms. The number of rotatable bonds is 8. The van der Waals surface area contributed by atoms with Gasteiger partial charge in [-0.05, 0) is 42.7 Å². The van der Waals surface area contributed by atoms with Crippen molar-refractivity contribution in [1.82, 2.24) is 5.32 Å². The number of carbonyl (C=O) groups is 2. The lowest BCUT2D eigenvalue weighted by molar-refractivity contribution is -0.123. The Morgan fingerprint density at radius 2 is 1.76 bits per heavy atom. The van der Waals surface area contributed by atoms with Crippen LogP contribution in [0.2, 0.25) is 0 Å². The minimum atomic E-state index is -0.924. The van der Waals surface area contributed by atoms with E-state index < -0.39 is 11.9 Å². The first-order chi connectivity index (χ1) is 16.1. The number of nitrogens with zero attached hydrogens (tertiary/aromatic N) is 1. The topological polar surface area (TPSA) is 81.0 Å². The van der Waals surface area contributed by atoms with E-state index in [1.165, 1.54) is 18.3 Å². The first kappa shape index (κ1) is 22.5. The van der Waals surface area contributed by atoms with Crippen molar-refractivity contribution in [3.8, 4) is 11.5 Å². The first-order valence-electron chi connectivity index (χ1n) is 11.1. The Morgan fingerprint density at radius 3 is 2.39 bits per heavy atom. The summed E-state index contributed by atoms with van der Waals surface area (Å²) in [6, 6.07) is 16.8. The zero-order chi connectivity index (χ0) is 23.2. The molecular weight excluding hydrogens is 420 g/mol. The molecule has 1 aliphatic rings. The summed E-state index contributed by atoms with van der Waals surface area (Å²) in [5, 5.41) is 3.16. The molecule has 7 nitrogen and oxygen atoms in total. The van der Waals surface area contributed by atoms with Crippen LogP contribution in [0.4, 0.5) is 5.69 Å². The monoisotopic (exact) mass is 448 g/mol. The average Bonchev–Trinajstić information content (AvgIpc) is 3.57. The van der Waals surface area contributed by atoms with Gasteiger partial charge >= 0.3 is 0 Å². The molecule has 1 aromatic heterocycles. The van der Waals surface area contributed by atoms with Crippen molar-refractivity contribution in [3.63, 3.8) is 0 Å². The highest BCUT2D eigenvalue weighted by atomic mass is 16.5. The predicted octanol–water partition coefficient (Wildman–Crippen LogP) is 4.74. The Kier molecular flexibility index (Phi) is 6.98. The van der Waals surface area contributed by atoms with Gasteiger partial charge in [0.25, 0.3) is 5.91 Å². The van der Waals surface area contributed by atoms with E-state index in [4.69, 9.17) is 13.9 Å². The van der Waals surface area contributed by atoms with Crippen molar-refractivity contribution >= 4 is 17.5 Å². The summed E-state index contributed by atoms with van der Waals surface area (Å²) in [4.78, 5) is 28.9. The number of hydrogen-bond acceptors (Lipinski definition) is 5. The van der Waals surface area contributed by atoms with E-state index in [1.807, 2.05) is 30.3 Å². The van der Waals surface area contributed by atoms with Gasteiger partial charge in [-0.1, -0.05) is 43.2 Å². The Bertz CT molecular complexity index is 1080. The molecule has 172 valence electrons. The molecule has 0 spiro atoms. The molecule has 7 heteroatoms. The Hall–Kier alpha value is -3.74. The van der Waals surface area contributed by atoms with Crippen LogP contribution in [0.5, 0.6) is 11.5 Å². The average molecular weight is 449 g/mol. The maximum absolute atomic E-state index is 13.8. The van der Waals surface area contributed by atoms with Crippen LogP contribution in [-0.2, 0) is 4.79 Å². The molecule has 0 unspecified atom stereocenters. The fraction of sp³-hybridized carbons (Fsp3) is 0.308. The van der Waals surface area contributed by atoms with Crippen LogP contribution < -0.4 is 19.7 Å². The van der Waals surface area contributed by atoms with Gasteiger partial charge in [0.05, 0.1) is 26.2 Å². The number of furan rings is 1. The lowest BCUT2D eigenvalue weighted by Gasteiger charge is -2.32. The largest absolute Gasteiger partial charge is 0.497 e. The molecule has 33 heavy (non-hydrogen) atoms. The van der Waals surface area contributed by atoms with Crippen molar-refractivity contribution in [3.05, 3.63) is 78.3 Å². The second-order valence-electron chi connectivity index (χ2n) is 7.99. The van der Waals surface area contributed by atoms with Gasteiger partial charge in [-0.25, -0.2) is 0 Å². The number of amides is 2. The fourth-order valence-corrected chi connectivity index (χ4v) is 4.27. The molecule has 1 fully saturated rings. The number of ether oxygens (including phenoxy) is 2. The molecule has 2 aromatic carbocycles. The van der Waals surface area contributed by atoms with Crippen LogP contribution in [0.15, 0.2) is 71.3 Å². The van der Waals surface area contributed by atoms with Gasteiger partial charge in [-0.3, -0.25) is 14.5 Å². The molecule has 0 saturated heterocycles. The molecule has 0 aliphatic heterocycles. The van der Waals surface area contributed by atoms with Gasteiger partial charge < -0.3 is 19.2 Å². The van der Waals surface area contributed by atoms with Crippen molar-refractivity contribution in [2.24, 2.45) is 0 Å². The summed E-state index contributed by atoms with van der Waals surface area (Å²) in [5.41, 5.74) is 1.13. The zero-order valence-electron chi connectivity index (χ0n) is 18.8. The van der Waals surface area contributed by atoms with Gasteiger partial charge in [0.1, 0.15) is 17.5 Å². The van der Waals surface area contributed by atoms with Crippen LogP contribution in [0.3, 0.4) is 0 Å². The first-order valence-corrected chi connectivity index (χ1v) is 11.1. The summed E-state index contributed by atoms with van der Waals surface area (Å²) in [5.74, 6) is 0.420. The van der Waals surface area contributed by atoms with Gasteiger partial charge in [0.15, 0.2) is 5.76 Å². The van der Waals surface area contributed by atoms with Crippen LogP contribution in [0.1, 0.15) is 47.8 Å². The van der Waals surface area contributed by atoms with Crippen LogP contribution in [0.25, 0.3) is 0 Å². The van der Waals surface area contributed by atoms with E-state index >= 15 is 0 Å². The Balaban J connectivity index is 1.84.